The number of nitrogens with zero attached hydrogens (tertiary/aromatic N) is 3. The van der Waals surface area contributed by atoms with Crippen LogP contribution in [-0.2, 0) is 13.0 Å². The van der Waals surface area contributed by atoms with E-state index in [1.54, 1.807) is 13.0 Å². The summed E-state index contributed by atoms with van der Waals surface area (Å²) in [6, 6.07) is 1.63. The fraction of sp³-hybridized carbons (Fsp3) is 0.273. The molecule has 94 valence electrons. The number of aromatic hydroxyl groups is 1. The standard InChI is InChI=1S/C11H12N4O3/c1-2-8-9(16)14-11(18)15(10(8)17)5-7-3-4-12-6-13-7/h3-4,6,17H,2,5H2,1H3,(H,14,16,18). The lowest BCUT2D eigenvalue weighted by molar-refractivity contribution is 0.401. The van der Waals surface area contributed by atoms with Gasteiger partial charge in [0.25, 0.3) is 5.56 Å². The van der Waals surface area contributed by atoms with Crippen LogP contribution in [0.15, 0.2) is 28.2 Å². The minimum Gasteiger partial charge on any atom is -0.494 e. The molecule has 0 saturated heterocycles. The summed E-state index contributed by atoms with van der Waals surface area (Å²) in [7, 11) is 0. The molecule has 0 radical (unpaired) electrons. The first-order valence-corrected chi connectivity index (χ1v) is 5.43. The van der Waals surface area contributed by atoms with E-state index in [1.165, 1.54) is 12.5 Å². The largest absolute Gasteiger partial charge is 0.494 e. The zero-order chi connectivity index (χ0) is 13.1. The Morgan fingerprint density at radius 3 is 2.83 bits per heavy atom. The Labute approximate surface area is 102 Å². The molecule has 0 aliphatic rings. The summed E-state index contributed by atoms with van der Waals surface area (Å²) >= 11 is 0. The van der Waals surface area contributed by atoms with Crippen molar-refractivity contribution < 1.29 is 5.11 Å². The number of hydrogen-bond donors (Lipinski definition) is 2. The maximum atomic E-state index is 11.6. The van der Waals surface area contributed by atoms with E-state index in [9.17, 15) is 14.7 Å². The predicted octanol–water partition coefficient (Wildman–Crippen LogP) is -0.357. The summed E-state index contributed by atoms with van der Waals surface area (Å²) in [5.41, 5.74) is -0.465. The van der Waals surface area contributed by atoms with Crippen molar-refractivity contribution >= 4 is 0 Å². The Morgan fingerprint density at radius 2 is 2.22 bits per heavy atom. The summed E-state index contributed by atoms with van der Waals surface area (Å²) in [6.45, 7) is 1.81. The van der Waals surface area contributed by atoms with Crippen molar-refractivity contribution in [2.45, 2.75) is 19.9 Å². The van der Waals surface area contributed by atoms with Gasteiger partial charge in [-0.3, -0.25) is 14.3 Å². The summed E-state index contributed by atoms with van der Waals surface area (Å²) in [6.07, 6.45) is 3.23. The molecule has 0 aliphatic carbocycles. The first-order chi connectivity index (χ1) is 8.63. The fourth-order valence-corrected chi connectivity index (χ4v) is 1.64. The lowest BCUT2D eigenvalue weighted by atomic mass is 10.2. The van der Waals surface area contributed by atoms with E-state index >= 15 is 0 Å². The summed E-state index contributed by atoms with van der Waals surface area (Å²) in [5, 5.41) is 9.91. The second kappa shape index (κ2) is 4.82. The minimum absolute atomic E-state index is 0.0803. The van der Waals surface area contributed by atoms with Gasteiger partial charge in [-0.1, -0.05) is 6.92 Å². The van der Waals surface area contributed by atoms with Crippen LogP contribution < -0.4 is 11.2 Å². The SMILES string of the molecule is CCc1c(O)n(Cc2ccncn2)c(=O)[nH]c1=O. The molecule has 7 nitrogen and oxygen atoms in total. The van der Waals surface area contributed by atoms with Gasteiger partial charge in [0.1, 0.15) is 6.33 Å². The van der Waals surface area contributed by atoms with Crippen molar-refractivity contribution in [3.63, 3.8) is 0 Å². The summed E-state index contributed by atoms with van der Waals surface area (Å²) < 4.78 is 1.07. The highest BCUT2D eigenvalue weighted by molar-refractivity contribution is 5.23. The highest BCUT2D eigenvalue weighted by Gasteiger charge is 2.12. The van der Waals surface area contributed by atoms with E-state index < -0.39 is 11.2 Å². The fourth-order valence-electron chi connectivity index (χ4n) is 1.64. The maximum absolute atomic E-state index is 11.6. The molecule has 0 atom stereocenters. The number of nitrogens with one attached hydrogen (secondary N) is 1. The molecule has 0 aliphatic heterocycles. The number of rotatable bonds is 3. The molecule has 0 saturated carbocycles. The van der Waals surface area contributed by atoms with Crippen LogP contribution in [0.2, 0.25) is 0 Å². The monoisotopic (exact) mass is 248 g/mol. The minimum atomic E-state index is -0.659. The van der Waals surface area contributed by atoms with E-state index in [0.717, 1.165) is 4.57 Å². The molecule has 2 N–H and O–H groups in total. The van der Waals surface area contributed by atoms with Crippen LogP contribution in [-0.4, -0.2) is 24.6 Å². The second-order valence-corrected chi connectivity index (χ2v) is 3.70. The molecule has 2 rings (SSSR count). The van der Waals surface area contributed by atoms with Gasteiger partial charge in [-0.2, -0.15) is 0 Å². The Hall–Kier alpha value is -2.44. The van der Waals surface area contributed by atoms with Gasteiger partial charge >= 0.3 is 5.69 Å². The first kappa shape index (κ1) is 12.0. The molecule has 2 heterocycles. The van der Waals surface area contributed by atoms with E-state index in [-0.39, 0.29) is 18.0 Å². The molecule has 7 heteroatoms. The molecule has 0 amide bonds. The summed E-state index contributed by atoms with van der Waals surface area (Å²) in [4.78, 5) is 33.0. The molecule has 2 aromatic rings. The van der Waals surface area contributed by atoms with Crippen LogP contribution in [0.1, 0.15) is 18.2 Å². The molecular formula is C11H12N4O3. The van der Waals surface area contributed by atoms with E-state index in [4.69, 9.17) is 0 Å². The number of aromatic nitrogens is 4. The van der Waals surface area contributed by atoms with Gasteiger partial charge in [-0.15, -0.1) is 0 Å². The zero-order valence-corrected chi connectivity index (χ0v) is 9.75. The lowest BCUT2D eigenvalue weighted by Gasteiger charge is -2.09. The third-order valence-corrected chi connectivity index (χ3v) is 2.58. The van der Waals surface area contributed by atoms with Crippen LogP contribution in [0.3, 0.4) is 0 Å². The van der Waals surface area contributed by atoms with Crippen LogP contribution in [0.5, 0.6) is 5.88 Å². The van der Waals surface area contributed by atoms with Crippen LogP contribution in [0, 0.1) is 0 Å². The normalized spacial score (nSPS) is 10.5. The van der Waals surface area contributed by atoms with E-state index in [2.05, 4.69) is 15.0 Å². The smallest absolute Gasteiger partial charge is 0.331 e. The average Bonchev–Trinajstić information content (AvgIpc) is 2.36. The van der Waals surface area contributed by atoms with E-state index in [1.807, 2.05) is 0 Å². The Morgan fingerprint density at radius 1 is 1.44 bits per heavy atom. The van der Waals surface area contributed by atoms with Gasteiger partial charge in [-0.25, -0.2) is 14.8 Å². The highest BCUT2D eigenvalue weighted by Crippen LogP contribution is 2.11. The second-order valence-electron chi connectivity index (χ2n) is 3.70. The first-order valence-electron chi connectivity index (χ1n) is 5.43. The number of hydrogen-bond acceptors (Lipinski definition) is 5. The average molecular weight is 248 g/mol. The van der Waals surface area contributed by atoms with Crippen molar-refractivity contribution in [1.82, 2.24) is 19.5 Å². The van der Waals surface area contributed by atoms with Gasteiger partial charge in [-0.05, 0) is 12.5 Å². The topological polar surface area (TPSA) is 101 Å². The molecule has 0 unspecified atom stereocenters. The van der Waals surface area contributed by atoms with Gasteiger partial charge in [0.05, 0.1) is 17.8 Å². The molecule has 0 fully saturated rings. The predicted molar refractivity (Wildman–Crippen MR) is 63.5 cm³/mol. The third kappa shape index (κ3) is 2.15. The van der Waals surface area contributed by atoms with Crippen molar-refractivity contribution in [2.24, 2.45) is 0 Å². The Bertz CT molecular complexity index is 660. The van der Waals surface area contributed by atoms with Crippen LogP contribution in [0.25, 0.3) is 0 Å². The van der Waals surface area contributed by atoms with Gasteiger partial charge < -0.3 is 5.11 Å². The quantitative estimate of drug-likeness (QED) is 0.772. The molecule has 0 bridgehead atoms. The van der Waals surface area contributed by atoms with Crippen molar-refractivity contribution in [3.8, 4) is 5.88 Å². The maximum Gasteiger partial charge on any atom is 0.331 e. The van der Waals surface area contributed by atoms with Gasteiger partial charge in [0.15, 0.2) is 0 Å². The Kier molecular flexibility index (Phi) is 3.22. The van der Waals surface area contributed by atoms with Crippen molar-refractivity contribution in [2.75, 3.05) is 0 Å². The summed E-state index contributed by atoms with van der Waals surface area (Å²) in [5.74, 6) is -0.315. The molecule has 0 aromatic carbocycles. The third-order valence-electron chi connectivity index (χ3n) is 2.58. The molecule has 2 aromatic heterocycles. The highest BCUT2D eigenvalue weighted by atomic mass is 16.3. The van der Waals surface area contributed by atoms with Crippen LogP contribution >= 0.6 is 0 Å². The van der Waals surface area contributed by atoms with Crippen molar-refractivity contribution in [3.05, 3.63) is 50.7 Å². The number of aromatic amines is 1. The molecular weight excluding hydrogens is 236 g/mol. The Balaban J connectivity index is 2.52. The lowest BCUT2D eigenvalue weighted by Crippen LogP contribution is -2.32. The van der Waals surface area contributed by atoms with Crippen LogP contribution in [0.4, 0.5) is 0 Å². The van der Waals surface area contributed by atoms with Gasteiger partial charge in [0, 0.05) is 6.20 Å². The number of H-pyrrole nitrogens is 1. The van der Waals surface area contributed by atoms with E-state index in [0.29, 0.717) is 12.1 Å². The molecule has 18 heavy (non-hydrogen) atoms. The van der Waals surface area contributed by atoms with Crippen molar-refractivity contribution in [1.29, 1.82) is 0 Å². The van der Waals surface area contributed by atoms with Gasteiger partial charge in [0.2, 0.25) is 5.88 Å². The zero-order valence-electron chi connectivity index (χ0n) is 9.75. The molecule has 0 spiro atoms.